The standard InChI is InChI=1S/C14H10N2/c1-15-14-4-2-3-13(11-14)6-5-12-7-9-16-10-8-12/h2-11H/b6-5+. The Labute approximate surface area is 94.7 Å². The van der Waals surface area contributed by atoms with E-state index in [1.54, 1.807) is 18.5 Å². The van der Waals surface area contributed by atoms with Gasteiger partial charge in [0.15, 0.2) is 5.69 Å². The van der Waals surface area contributed by atoms with E-state index in [1.807, 2.05) is 42.5 Å². The monoisotopic (exact) mass is 206 g/mol. The van der Waals surface area contributed by atoms with Crippen LogP contribution in [0.3, 0.4) is 0 Å². The molecule has 2 heteroatoms. The molecule has 1 aromatic carbocycles. The third-order valence-corrected chi connectivity index (χ3v) is 2.17. The van der Waals surface area contributed by atoms with Crippen LogP contribution in [0.2, 0.25) is 0 Å². The van der Waals surface area contributed by atoms with Crippen molar-refractivity contribution in [3.05, 3.63) is 71.3 Å². The lowest BCUT2D eigenvalue weighted by molar-refractivity contribution is 1.32. The fraction of sp³-hybridized carbons (Fsp3) is 0. The minimum Gasteiger partial charge on any atom is -0.265 e. The zero-order valence-electron chi connectivity index (χ0n) is 8.67. The molecule has 0 atom stereocenters. The van der Waals surface area contributed by atoms with Gasteiger partial charge < -0.3 is 0 Å². The van der Waals surface area contributed by atoms with Crippen molar-refractivity contribution in [1.82, 2.24) is 4.98 Å². The summed E-state index contributed by atoms with van der Waals surface area (Å²) in [6, 6.07) is 11.4. The van der Waals surface area contributed by atoms with Gasteiger partial charge in [0, 0.05) is 12.4 Å². The molecule has 0 N–H and O–H groups in total. The van der Waals surface area contributed by atoms with E-state index >= 15 is 0 Å². The zero-order chi connectivity index (χ0) is 11.2. The maximum absolute atomic E-state index is 6.93. The maximum atomic E-state index is 6.93. The lowest BCUT2D eigenvalue weighted by Crippen LogP contribution is -1.73. The summed E-state index contributed by atoms with van der Waals surface area (Å²) in [5.74, 6) is 0. The highest BCUT2D eigenvalue weighted by Crippen LogP contribution is 2.15. The zero-order valence-corrected chi connectivity index (χ0v) is 8.67. The topological polar surface area (TPSA) is 17.2 Å². The average molecular weight is 206 g/mol. The third-order valence-electron chi connectivity index (χ3n) is 2.17. The maximum Gasteiger partial charge on any atom is 0.187 e. The molecule has 0 aliphatic rings. The second-order valence-corrected chi connectivity index (χ2v) is 3.32. The van der Waals surface area contributed by atoms with Gasteiger partial charge in [0.25, 0.3) is 0 Å². The van der Waals surface area contributed by atoms with E-state index in [9.17, 15) is 0 Å². The van der Waals surface area contributed by atoms with Crippen molar-refractivity contribution in [3.63, 3.8) is 0 Å². The largest absolute Gasteiger partial charge is 0.265 e. The molecule has 1 aromatic heterocycles. The van der Waals surface area contributed by atoms with Gasteiger partial charge in [-0.15, -0.1) is 0 Å². The molecule has 1 heterocycles. The molecule has 0 saturated carbocycles. The van der Waals surface area contributed by atoms with E-state index in [1.165, 1.54) is 0 Å². The van der Waals surface area contributed by atoms with E-state index in [0.29, 0.717) is 5.69 Å². The van der Waals surface area contributed by atoms with Crippen molar-refractivity contribution in [2.45, 2.75) is 0 Å². The van der Waals surface area contributed by atoms with Crippen LogP contribution in [0, 0.1) is 6.57 Å². The molecule has 0 aliphatic carbocycles. The van der Waals surface area contributed by atoms with Crippen molar-refractivity contribution in [3.8, 4) is 0 Å². The van der Waals surface area contributed by atoms with Gasteiger partial charge in [0.05, 0.1) is 6.57 Å². The van der Waals surface area contributed by atoms with Gasteiger partial charge in [-0.05, 0) is 29.3 Å². The van der Waals surface area contributed by atoms with E-state index in [0.717, 1.165) is 11.1 Å². The summed E-state index contributed by atoms with van der Waals surface area (Å²) in [7, 11) is 0. The molecule has 0 bridgehead atoms. The number of nitrogens with zero attached hydrogens (tertiary/aromatic N) is 2. The number of hydrogen-bond acceptors (Lipinski definition) is 1. The SMILES string of the molecule is [C-]#[N+]c1cccc(/C=C/c2ccncc2)c1. The molecular formula is C14H10N2. The molecule has 0 amide bonds. The summed E-state index contributed by atoms with van der Waals surface area (Å²) in [6.45, 7) is 6.93. The van der Waals surface area contributed by atoms with Crippen molar-refractivity contribution in [2.75, 3.05) is 0 Å². The van der Waals surface area contributed by atoms with Gasteiger partial charge >= 0.3 is 0 Å². The number of pyridine rings is 1. The molecule has 2 rings (SSSR count). The molecule has 0 aliphatic heterocycles. The summed E-state index contributed by atoms with van der Waals surface area (Å²) < 4.78 is 0. The fourth-order valence-corrected chi connectivity index (χ4v) is 1.37. The van der Waals surface area contributed by atoms with Crippen molar-refractivity contribution >= 4 is 17.8 Å². The van der Waals surface area contributed by atoms with Crippen LogP contribution in [0.15, 0.2) is 48.8 Å². The highest BCUT2D eigenvalue weighted by atomic mass is 14.6. The van der Waals surface area contributed by atoms with Crippen LogP contribution in [-0.2, 0) is 0 Å². The molecule has 0 saturated heterocycles. The first kappa shape index (κ1) is 10.1. The number of rotatable bonds is 2. The molecule has 0 radical (unpaired) electrons. The first-order chi connectivity index (χ1) is 7.88. The van der Waals surface area contributed by atoms with Crippen LogP contribution in [0.4, 0.5) is 5.69 Å². The van der Waals surface area contributed by atoms with Gasteiger partial charge in [-0.2, -0.15) is 0 Å². The van der Waals surface area contributed by atoms with Crippen molar-refractivity contribution in [2.24, 2.45) is 0 Å². The lowest BCUT2D eigenvalue weighted by Gasteiger charge is -1.94. The van der Waals surface area contributed by atoms with Crippen molar-refractivity contribution in [1.29, 1.82) is 0 Å². The Morgan fingerprint density at radius 3 is 2.50 bits per heavy atom. The van der Waals surface area contributed by atoms with E-state index in [-0.39, 0.29) is 0 Å². The predicted octanol–water partition coefficient (Wildman–Crippen LogP) is 3.80. The molecule has 16 heavy (non-hydrogen) atoms. The van der Waals surface area contributed by atoms with Crippen LogP contribution >= 0.6 is 0 Å². The van der Waals surface area contributed by atoms with Crippen molar-refractivity contribution < 1.29 is 0 Å². The number of hydrogen-bond donors (Lipinski definition) is 0. The summed E-state index contributed by atoms with van der Waals surface area (Å²) in [6.07, 6.45) is 7.51. The van der Waals surface area contributed by atoms with Gasteiger partial charge in [0.1, 0.15) is 0 Å². The summed E-state index contributed by atoms with van der Waals surface area (Å²) in [5, 5.41) is 0. The second kappa shape index (κ2) is 4.90. The summed E-state index contributed by atoms with van der Waals surface area (Å²) >= 11 is 0. The highest BCUT2D eigenvalue weighted by molar-refractivity contribution is 5.71. The van der Waals surface area contributed by atoms with Crippen LogP contribution in [-0.4, -0.2) is 4.98 Å². The van der Waals surface area contributed by atoms with E-state index in [4.69, 9.17) is 6.57 Å². The van der Waals surface area contributed by atoms with Crippen LogP contribution < -0.4 is 0 Å². The van der Waals surface area contributed by atoms with Gasteiger partial charge in [-0.1, -0.05) is 30.4 Å². The fourth-order valence-electron chi connectivity index (χ4n) is 1.37. The molecular weight excluding hydrogens is 196 g/mol. The highest BCUT2D eigenvalue weighted by Gasteiger charge is 1.91. The quantitative estimate of drug-likeness (QED) is 0.683. The number of benzene rings is 1. The third kappa shape index (κ3) is 2.55. The van der Waals surface area contributed by atoms with E-state index in [2.05, 4.69) is 9.83 Å². The van der Waals surface area contributed by atoms with Gasteiger partial charge in [-0.25, -0.2) is 4.85 Å². The molecule has 2 nitrogen and oxygen atoms in total. The Morgan fingerprint density at radius 1 is 1.00 bits per heavy atom. The smallest absolute Gasteiger partial charge is 0.187 e. The van der Waals surface area contributed by atoms with Gasteiger partial charge in [0.2, 0.25) is 0 Å². The Balaban J connectivity index is 2.21. The normalized spacial score (nSPS) is 10.2. The minimum atomic E-state index is 0.664. The molecule has 76 valence electrons. The average Bonchev–Trinajstić information content (AvgIpc) is 2.38. The first-order valence-electron chi connectivity index (χ1n) is 4.94. The van der Waals surface area contributed by atoms with Crippen LogP contribution in [0.1, 0.15) is 11.1 Å². The van der Waals surface area contributed by atoms with Crippen LogP contribution in [0.25, 0.3) is 17.0 Å². The lowest BCUT2D eigenvalue weighted by atomic mass is 10.1. The number of aromatic nitrogens is 1. The van der Waals surface area contributed by atoms with Gasteiger partial charge in [-0.3, -0.25) is 4.98 Å². The Hall–Kier alpha value is -2.40. The summed E-state index contributed by atoms with van der Waals surface area (Å²) in [4.78, 5) is 7.35. The first-order valence-corrected chi connectivity index (χ1v) is 4.94. The Kier molecular flexibility index (Phi) is 3.10. The molecule has 2 aromatic rings. The van der Waals surface area contributed by atoms with Crippen LogP contribution in [0.5, 0.6) is 0 Å². The predicted molar refractivity (Wildman–Crippen MR) is 65.9 cm³/mol. The Bertz CT molecular complexity index is 536. The molecule has 0 spiro atoms. The molecule has 0 fully saturated rings. The Morgan fingerprint density at radius 2 is 1.75 bits per heavy atom. The molecule has 0 unspecified atom stereocenters. The minimum absolute atomic E-state index is 0.664. The second-order valence-electron chi connectivity index (χ2n) is 3.32. The van der Waals surface area contributed by atoms with E-state index < -0.39 is 0 Å². The summed E-state index contributed by atoms with van der Waals surface area (Å²) in [5.41, 5.74) is 2.80.